The van der Waals surface area contributed by atoms with Gasteiger partial charge in [-0.3, -0.25) is 4.79 Å². The summed E-state index contributed by atoms with van der Waals surface area (Å²) in [7, 11) is 4.64. The number of benzene rings is 1. The first-order valence-electron chi connectivity index (χ1n) is 6.39. The number of carbonyl (C=O) groups is 1. The van der Waals surface area contributed by atoms with E-state index in [1.165, 1.54) is 0 Å². The Kier molecular flexibility index (Phi) is 6.11. The number of ether oxygens (including phenoxy) is 3. The normalized spacial score (nSPS) is 11.7. The van der Waals surface area contributed by atoms with Gasteiger partial charge >= 0.3 is 0 Å². The minimum atomic E-state index is -0.489. The average molecular weight is 282 g/mol. The molecule has 1 aromatic carbocycles. The third-order valence-corrected chi connectivity index (χ3v) is 2.97. The van der Waals surface area contributed by atoms with E-state index in [1.807, 2.05) is 6.92 Å². The van der Waals surface area contributed by atoms with E-state index >= 15 is 0 Å². The fraction of sp³-hybridized carbons (Fsp3) is 0.500. The van der Waals surface area contributed by atoms with Crippen LogP contribution < -0.4 is 25.3 Å². The number of carbonyl (C=O) groups excluding carboxylic acids is 1. The van der Waals surface area contributed by atoms with Crippen molar-refractivity contribution >= 4 is 5.91 Å². The summed E-state index contributed by atoms with van der Waals surface area (Å²) in [5.74, 6) is 1.45. The molecule has 3 N–H and O–H groups in total. The summed E-state index contributed by atoms with van der Waals surface area (Å²) in [4.78, 5) is 11.7. The zero-order chi connectivity index (χ0) is 15.1. The largest absolute Gasteiger partial charge is 0.493 e. The van der Waals surface area contributed by atoms with Gasteiger partial charge in [-0.1, -0.05) is 6.92 Å². The Bertz CT molecular complexity index is 437. The van der Waals surface area contributed by atoms with E-state index in [4.69, 9.17) is 19.9 Å². The van der Waals surface area contributed by atoms with Crippen LogP contribution in [0.25, 0.3) is 0 Å². The molecular formula is C14H22N2O4. The maximum atomic E-state index is 11.7. The smallest absolute Gasteiger partial charge is 0.237 e. The number of nitrogens with one attached hydrogen (secondary N) is 1. The van der Waals surface area contributed by atoms with E-state index in [0.29, 0.717) is 30.2 Å². The monoisotopic (exact) mass is 282 g/mol. The third kappa shape index (κ3) is 3.77. The van der Waals surface area contributed by atoms with Gasteiger partial charge in [-0.25, -0.2) is 0 Å². The van der Waals surface area contributed by atoms with Gasteiger partial charge in [0.05, 0.1) is 27.4 Å². The van der Waals surface area contributed by atoms with Crippen LogP contribution in [-0.4, -0.2) is 33.3 Å². The summed E-state index contributed by atoms with van der Waals surface area (Å²) in [5, 5.41) is 2.77. The molecule has 6 heteroatoms. The van der Waals surface area contributed by atoms with Crippen molar-refractivity contribution < 1.29 is 19.0 Å². The Hall–Kier alpha value is -1.95. The van der Waals surface area contributed by atoms with Crippen molar-refractivity contribution in [2.45, 2.75) is 25.9 Å². The molecule has 0 radical (unpaired) electrons. The van der Waals surface area contributed by atoms with Gasteiger partial charge in [0, 0.05) is 6.54 Å². The Morgan fingerprint density at radius 2 is 1.75 bits per heavy atom. The lowest BCUT2D eigenvalue weighted by Gasteiger charge is -2.15. The summed E-state index contributed by atoms with van der Waals surface area (Å²) in [6.45, 7) is 2.22. The molecule has 0 aliphatic rings. The minimum absolute atomic E-state index is 0.179. The van der Waals surface area contributed by atoms with Crippen LogP contribution >= 0.6 is 0 Å². The molecule has 0 spiro atoms. The zero-order valence-corrected chi connectivity index (χ0v) is 12.4. The average Bonchev–Trinajstić information content (AvgIpc) is 2.50. The summed E-state index contributed by atoms with van der Waals surface area (Å²) in [6, 6.07) is 3.09. The quantitative estimate of drug-likeness (QED) is 0.781. The second-order valence-electron chi connectivity index (χ2n) is 4.27. The highest BCUT2D eigenvalue weighted by Gasteiger charge is 2.15. The maximum absolute atomic E-state index is 11.7. The molecular weight excluding hydrogens is 260 g/mol. The summed E-state index contributed by atoms with van der Waals surface area (Å²) < 4.78 is 15.7. The first kappa shape index (κ1) is 16.1. The Labute approximate surface area is 119 Å². The zero-order valence-electron chi connectivity index (χ0n) is 12.4. The van der Waals surface area contributed by atoms with Gasteiger partial charge in [0.1, 0.15) is 0 Å². The molecule has 1 rings (SSSR count). The molecule has 1 aromatic rings. The van der Waals surface area contributed by atoms with E-state index < -0.39 is 6.04 Å². The lowest BCUT2D eigenvalue weighted by atomic mass is 10.1. The SMILES string of the molecule is CC[C@H](N)C(=O)NCc1cc(OC)c(OC)c(OC)c1. The lowest BCUT2D eigenvalue weighted by molar-refractivity contribution is -0.122. The van der Waals surface area contributed by atoms with Gasteiger partial charge < -0.3 is 25.3 Å². The Morgan fingerprint density at radius 3 is 2.15 bits per heavy atom. The first-order valence-corrected chi connectivity index (χ1v) is 6.39. The van der Waals surface area contributed by atoms with Crippen molar-refractivity contribution in [3.8, 4) is 17.2 Å². The number of methoxy groups -OCH3 is 3. The molecule has 0 aliphatic heterocycles. The van der Waals surface area contributed by atoms with Crippen LogP contribution in [0.3, 0.4) is 0 Å². The van der Waals surface area contributed by atoms with E-state index in [0.717, 1.165) is 5.56 Å². The van der Waals surface area contributed by atoms with Crippen LogP contribution in [0, 0.1) is 0 Å². The van der Waals surface area contributed by atoms with Gasteiger partial charge in [0.15, 0.2) is 11.5 Å². The first-order chi connectivity index (χ1) is 9.57. The Balaban J connectivity index is 2.88. The fourth-order valence-corrected chi connectivity index (χ4v) is 1.74. The van der Waals surface area contributed by atoms with Crippen molar-refractivity contribution in [2.75, 3.05) is 21.3 Å². The van der Waals surface area contributed by atoms with Crippen molar-refractivity contribution in [2.24, 2.45) is 5.73 Å². The van der Waals surface area contributed by atoms with Crippen LogP contribution in [0.5, 0.6) is 17.2 Å². The molecule has 0 saturated carbocycles. The standard InChI is InChI=1S/C14H22N2O4/c1-5-10(15)14(17)16-8-9-6-11(18-2)13(20-4)12(7-9)19-3/h6-7,10H,5,8,15H2,1-4H3,(H,16,17)/t10-/m0/s1. The van der Waals surface area contributed by atoms with Crippen LogP contribution in [0.15, 0.2) is 12.1 Å². The van der Waals surface area contributed by atoms with Crippen LogP contribution in [0.4, 0.5) is 0 Å². The molecule has 0 aliphatic carbocycles. The van der Waals surface area contributed by atoms with Gasteiger partial charge in [-0.2, -0.15) is 0 Å². The number of amides is 1. The molecule has 0 aromatic heterocycles. The highest BCUT2D eigenvalue weighted by Crippen LogP contribution is 2.38. The molecule has 0 heterocycles. The number of nitrogens with two attached hydrogens (primary N) is 1. The van der Waals surface area contributed by atoms with Crippen molar-refractivity contribution in [1.82, 2.24) is 5.32 Å². The minimum Gasteiger partial charge on any atom is -0.493 e. The molecule has 0 unspecified atom stereocenters. The highest BCUT2D eigenvalue weighted by molar-refractivity contribution is 5.81. The van der Waals surface area contributed by atoms with Gasteiger partial charge in [-0.05, 0) is 24.1 Å². The molecule has 6 nitrogen and oxygen atoms in total. The maximum Gasteiger partial charge on any atom is 0.237 e. The molecule has 0 fully saturated rings. The number of hydrogen-bond donors (Lipinski definition) is 2. The number of hydrogen-bond acceptors (Lipinski definition) is 5. The topological polar surface area (TPSA) is 82.8 Å². The molecule has 0 saturated heterocycles. The highest BCUT2D eigenvalue weighted by atomic mass is 16.5. The summed E-state index contributed by atoms with van der Waals surface area (Å²) in [6.07, 6.45) is 0.598. The predicted octanol–water partition coefficient (Wildman–Crippen LogP) is 1.07. The fourth-order valence-electron chi connectivity index (χ4n) is 1.74. The van der Waals surface area contributed by atoms with Crippen LogP contribution in [0.1, 0.15) is 18.9 Å². The van der Waals surface area contributed by atoms with Crippen molar-refractivity contribution in [3.05, 3.63) is 17.7 Å². The van der Waals surface area contributed by atoms with E-state index in [-0.39, 0.29) is 5.91 Å². The van der Waals surface area contributed by atoms with Crippen LogP contribution in [0.2, 0.25) is 0 Å². The summed E-state index contributed by atoms with van der Waals surface area (Å²) >= 11 is 0. The van der Waals surface area contributed by atoms with E-state index in [1.54, 1.807) is 33.5 Å². The number of rotatable bonds is 7. The molecule has 20 heavy (non-hydrogen) atoms. The molecule has 1 atom stereocenters. The van der Waals surface area contributed by atoms with Gasteiger partial charge in [0.25, 0.3) is 0 Å². The molecule has 1 amide bonds. The molecule has 0 bridgehead atoms. The molecule has 112 valence electrons. The van der Waals surface area contributed by atoms with E-state index in [9.17, 15) is 4.79 Å². The second-order valence-corrected chi connectivity index (χ2v) is 4.27. The van der Waals surface area contributed by atoms with Gasteiger partial charge in [0.2, 0.25) is 11.7 Å². The Morgan fingerprint density at radius 1 is 1.20 bits per heavy atom. The van der Waals surface area contributed by atoms with Crippen LogP contribution in [-0.2, 0) is 11.3 Å². The van der Waals surface area contributed by atoms with E-state index in [2.05, 4.69) is 5.32 Å². The lowest BCUT2D eigenvalue weighted by Crippen LogP contribution is -2.39. The summed E-state index contributed by atoms with van der Waals surface area (Å²) in [5.41, 5.74) is 6.50. The van der Waals surface area contributed by atoms with Crippen molar-refractivity contribution in [3.63, 3.8) is 0 Å². The predicted molar refractivity (Wildman–Crippen MR) is 76.2 cm³/mol. The third-order valence-electron chi connectivity index (χ3n) is 2.97. The van der Waals surface area contributed by atoms with Gasteiger partial charge in [-0.15, -0.1) is 0 Å². The second kappa shape index (κ2) is 7.59. The van der Waals surface area contributed by atoms with Crippen molar-refractivity contribution in [1.29, 1.82) is 0 Å².